The van der Waals surface area contributed by atoms with E-state index >= 15 is 0 Å². The van der Waals surface area contributed by atoms with E-state index < -0.39 is 0 Å². The van der Waals surface area contributed by atoms with Gasteiger partial charge in [0.05, 0.1) is 6.04 Å². The number of hydrogen-bond acceptors (Lipinski definition) is 2. The molecule has 0 radical (unpaired) electrons. The summed E-state index contributed by atoms with van der Waals surface area (Å²) in [6.07, 6.45) is 2.17. The third-order valence-electron chi connectivity index (χ3n) is 4.47. The molecule has 0 aromatic heterocycles. The standard InChI is InChI=1S/C24H26N2O2/c1-2-9-19-14-16-22(17-15-19)28-18-25-24(27)26-23(20-10-5-3-6-11-20)21-12-7-4-8-13-21/h3-8,10-17,23H,2,9,18H2,1H3,(H2,25,26,27). The van der Waals surface area contributed by atoms with Gasteiger partial charge < -0.3 is 15.4 Å². The average Bonchev–Trinajstić information content (AvgIpc) is 2.75. The summed E-state index contributed by atoms with van der Waals surface area (Å²) in [6.45, 7) is 2.26. The Morgan fingerprint density at radius 3 is 1.96 bits per heavy atom. The minimum absolute atomic E-state index is 0.106. The van der Waals surface area contributed by atoms with Crippen molar-refractivity contribution >= 4 is 6.03 Å². The van der Waals surface area contributed by atoms with Gasteiger partial charge in [0.15, 0.2) is 6.73 Å². The Morgan fingerprint density at radius 2 is 1.43 bits per heavy atom. The molecule has 0 bridgehead atoms. The number of benzene rings is 3. The predicted octanol–water partition coefficient (Wildman–Crippen LogP) is 5.06. The van der Waals surface area contributed by atoms with Crippen LogP contribution in [0, 0.1) is 0 Å². The molecule has 3 aromatic carbocycles. The number of aryl methyl sites for hydroxylation is 1. The van der Waals surface area contributed by atoms with Crippen molar-refractivity contribution in [3.63, 3.8) is 0 Å². The van der Waals surface area contributed by atoms with Crippen LogP contribution in [0.25, 0.3) is 0 Å². The third-order valence-corrected chi connectivity index (χ3v) is 4.47. The molecule has 0 saturated carbocycles. The highest BCUT2D eigenvalue weighted by Crippen LogP contribution is 2.21. The van der Waals surface area contributed by atoms with E-state index in [0.29, 0.717) is 0 Å². The molecule has 0 aliphatic carbocycles. The van der Waals surface area contributed by atoms with Gasteiger partial charge in [0.1, 0.15) is 5.75 Å². The van der Waals surface area contributed by atoms with Crippen LogP contribution in [0.3, 0.4) is 0 Å². The molecule has 28 heavy (non-hydrogen) atoms. The van der Waals surface area contributed by atoms with Crippen LogP contribution in [0.15, 0.2) is 84.9 Å². The highest BCUT2D eigenvalue weighted by Gasteiger charge is 2.16. The lowest BCUT2D eigenvalue weighted by Crippen LogP contribution is -2.40. The van der Waals surface area contributed by atoms with E-state index in [2.05, 4.69) is 29.7 Å². The fourth-order valence-electron chi connectivity index (χ4n) is 3.06. The predicted molar refractivity (Wildman–Crippen MR) is 112 cm³/mol. The van der Waals surface area contributed by atoms with E-state index in [9.17, 15) is 4.79 Å². The monoisotopic (exact) mass is 374 g/mol. The first kappa shape index (κ1) is 19.5. The van der Waals surface area contributed by atoms with Gasteiger partial charge >= 0.3 is 6.03 Å². The van der Waals surface area contributed by atoms with Crippen molar-refractivity contribution in [2.75, 3.05) is 6.73 Å². The zero-order chi connectivity index (χ0) is 19.6. The fourth-order valence-corrected chi connectivity index (χ4v) is 3.06. The molecule has 0 unspecified atom stereocenters. The van der Waals surface area contributed by atoms with E-state index in [0.717, 1.165) is 29.7 Å². The van der Waals surface area contributed by atoms with Crippen LogP contribution in [-0.4, -0.2) is 12.8 Å². The highest BCUT2D eigenvalue weighted by atomic mass is 16.5. The second-order valence-electron chi connectivity index (χ2n) is 6.59. The Labute approximate surface area is 166 Å². The molecule has 3 rings (SSSR count). The van der Waals surface area contributed by atoms with Crippen molar-refractivity contribution in [2.24, 2.45) is 0 Å². The minimum atomic E-state index is -0.277. The Kier molecular flexibility index (Phi) is 7.08. The van der Waals surface area contributed by atoms with E-state index in [-0.39, 0.29) is 18.8 Å². The molecule has 0 aliphatic rings. The van der Waals surface area contributed by atoms with E-state index in [1.54, 1.807) is 0 Å². The van der Waals surface area contributed by atoms with Gasteiger partial charge in [0.25, 0.3) is 0 Å². The van der Waals surface area contributed by atoms with E-state index in [1.807, 2.05) is 72.8 Å². The van der Waals surface area contributed by atoms with Crippen LogP contribution >= 0.6 is 0 Å². The van der Waals surface area contributed by atoms with Gasteiger partial charge in [-0.1, -0.05) is 86.1 Å². The Bertz CT molecular complexity index is 809. The molecule has 3 aromatic rings. The molecule has 0 heterocycles. The summed E-state index contributed by atoms with van der Waals surface area (Å²) in [5.41, 5.74) is 3.33. The molecule has 0 spiro atoms. The van der Waals surface area contributed by atoms with Crippen molar-refractivity contribution in [1.82, 2.24) is 10.6 Å². The summed E-state index contributed by atoms with van der Waals surface area (Å²) in [5.74, 6) is 0.739. The highest BCUT2D eigenvalue weighted by molar-refractivity contribution is 5.74. The molecule has 0 saturated heterocycles. The van der Waals surface area contributed by atoms with Crippen molar-refractivity contribution in [3.8, 4) is 5.75 Å². The molecule has 4 nitrogen and oxygen atoms in total. The second-order valence-corrected chi connectivity index (χ2v) is 6.59. The van der Waals surface area contributed by atoms with E-state index in [4.69, 9.17) is 4.74 Å². The summed E-state index contributed by atoms with van der Waals surface area (Å²) in [4.78, 5) is 12.4. The number of amides is 2. The van der Waals surface area contributed by atoms with Gasteiger partial charge in [-0.2, -0.15) is 0 Å². The summed E-state index contributed by atoms with van der Waals surface area (Å²) in [5, 5.41) is 5.80. The summed E-state index contributed by atoms with van der Waals surface area (Å²) in [6, 6.07) is 27.3. The zero-order valence-electron chi connectivity index (χ0n) is 16.1. The lowest BCUT2D eigenvalue weighted by Gasteiger charge is -2.20. The Hall–Kier alpha value is -3.27. The number of nitrogens with one attached hydrogen (secondary N) is 2. The number of rotatable bonds is 8. The number of hydrogen-bond donors (Lipinski definition) is 2. The average molecular weight is 374 g/mol. The largest absolute Gasteiger partial charge is 0.473 e. The van der Waals surface area contributed by atoms with Crippen molar-refractivity contribution < 1.29 is 9.53 Å². The van der Waals surface area contributed by atoms with Crippen LogP contribution in [0.1, 0.15) is 36.1 Å². The van der Waals surface area contributed by atoms with Crippen molar-refractivity contribution in [1.29, 1.82) is 0 Å². The van der Waals surface area contributed by atoms with E-state index in [1.165, 1.54) is 5.56 Å². The first-order valence-corrected chi connectivity index (χ1v) is 9.62. The number of ether oxygens (including phenoxy) is 1. The normalized spacial score (nSPS) is 10.5. The molecular weight excluding hydrogens is 348 g/mol. The first-order chi connectivity index (χ1) is 13.8. The summed E-state index contributed by atoms with van der Waals surface area (Å²) in [7, 11) is 0. The molecule has 144 valence electrons. The van der Waals surface area contributed by atoms with Crippen molar-refractivity contribution in [2.45, 2.75) is 25.8 Å². The summed E-state index contributed by atoms with van der Waals surface area (Å²) < 4.78 is 5.63. The lowest BCUT2D eigenvalue weighted by atomic mass is 9.99. The maximum Gasteiger partial charge on any atom is 0.318 e. The molecular formula is C24H26N2O2. The Morgan fingerprint density at radius 1 is 0.857 bits per heavy atom. The molecule has 4 heteroatoms. The van der Waals surface area contributed by atoms with Crippen LogP contribution in [0.4, 0.5) is 4.79 Å². The van der Waals surface area contributed by atoms with Crippen LogP contribution < -0.4 is 15.4 Å². The summed E-state index contributed by atoms with van der Waals surface area (Å²) >= 11 is 0. The maximum atomic E-state index is 12.4. The SMILES string of the molecule is CCCc1ccc(OCNC(=O)NC(c2ccccc2)c2ccccc2)cc1. The molecule has 2 N–H and O–H groups in total. The quantitative estimate of drug-likeness (QED) is 0.541. The topological polar surface area (TPSA) is 50.4 Å². The lowest BCUT2D eigenvalue weighted by molar-refractivity contribution is 0.222. The number of urea groups is 1. The number of carbonyl (C=O) groups is 1. The maximum absolute atomic E-state index is 12.4. The van der Waals surface area contributed by atoms with Gasteiger partial charge in [0, 0.05) is 0 Å². The second kappa shape index (κ2) is 10.2. The molecule has 0 fully saturated rings. The molecule has 0 aliphatic heterocycles. The van der Waals surface area contributed by atoms with Crippen LogP contribution in [-0.2, 0) is 6.42 Å². The van der Waals surface area contributed by atoms with Crippen LogP contribution in [0.2, 0.25) is 0 Å². The third kappa shape index (κ3) is 5.61. The van der Waals surface area contributed by atoms with Crippen molar-refractivity contribution in [3.05, 3.63) is 102 Å². The first-order valence-electron chi connectivity index (χ1n) is 9.62. The fraction of sp³-hybridized carbons (Fsp3) is 0.208. The zero-order valence-corrected chi connectivity index (χ0v) is 16.1. The van der Waals surface area contributed by atoms with Gasteiger partial charge in [-0.25, -0.2) is 4.79 Å². The smallest absolute Gasteiger partial charge is 0.318 e. The Balaban J connectivity index is 1.57. The van der Waals surface area contributed by atoms with Crippen LogP contribution in [0.5, 0.6) is 5.75 Å². The van der Waals surface area contributed by atoms with Gasteiger partial charge in [-0.05, 0) is 35.2 Å². The molecule has 2 amide bonds. The molecule has 0 atom stereocenters. The van der Waals surface area contributed by atoms with Gasteiger partial charge in [0.2, 0.25) is 0 Å². The number of carbonyl (C=O) groups excluding carboxylic acids is 1. The van der Waals surface area contributed by atoms with Gasteiger partial charge in [-0.15, -0.1) is 0 Å². The van der Waals surface area contributed by atoms with Gasteiger partial charge in [-0.3, -0.25) is 0 Å². The minimum Gasteiger partial charge on any atom is -0.473 e.